The third-order valence-corrected chi connectivity index (χ3v) is 3.15. The van der Waals surface area contributed by atoms with Gasteiger partial charge in [-0.25, -0.2) is 0 Å². The van der Waals surface area contributed by atoms with Gasteiger partial charge in [0, 0.05) is 6.04 Å². The first kappa shape index (κ1) is 9.72. The molecule has 0 heterocycles. The Kier molecular flexibility index (Phi) is 2.87. The van der Waals surface area contributed by atoms with Crippen LogP contribution in [0.1, 0.15) is 43.2 Å². The van der Waals surface area contributed by atoms with Crippen molar-refractivity contribution in [3.05, 3.63) is 35.4 Å². The topological polar surface area (TPSA) is 26.0 Å². The average Bonchev–Trinajstić information content (AvgIpc) is 2.18. The first-order valence-electron chi connectivity index (χ1n) is 5.61. The van der Waals surface area contributed by atoms with Gasteiger partial charge in [0.15, 0.2) is 0 Å². The van der Waals surface area contributed by atoms with Gasteiger partial charge in [-0.3, -0.25) is 0 Å². The summed E-state index contributed by atoms with van der Waals surface area (Å²) in [6.45, 7) is 2.11. The van der Waals surface area contributed by atoms with Crippen LogP contribution in [0.3, 0.4) is 0 Å². The molecule has 2 N–H and O–H groups in total. The lowest BCUT2D eigenvalue weighted by Gasteiger charge is -2.26. The van der Waals surface area contributed by atoms with Crippen LogP contribution in [0.4, 0.5) is 0 Å². The molecule has 0 aliphatic heterocycles. The van der Waals surface area contributed by atoms with E-state index in [0.29, 0.717) is 12.0 Å². The zero-order valence-corrected chi connectivity index (χ0v) is 8.87. The molecule has 1 aromatic carbocycles. The molecule has 1 heteroatoms. The van der Waals surface area contributed by atoms with Crippen LogP contribution in [0.15, 0.2) is 24.3 Å². The lowest BCUT2D eigenvalue weighted by atomic mass is 9.80. The van der Waals surface area contributed by atoms with Gasteiger partial charge in [0.25, 0.3) is 0 Å². The van der Waals surface area contributed by atoms with Crippen molar-refractivity contribution in [1.82, 2.24) is 0 Å². The van der Waals surface area contributed by atoms with E-state index >= 15 is 0 Å². The van der Waals surface area contributed by atoms with Crippen molar-refractivity contribution in [1.29, 1.82) is 0 Å². The second-order valence-corrected chi connectivity index (χ2v) is 4.50. The fourth-order valence-corrected chi connectivity index (χ4v) is 2.55. The van der Waals surface area contributed by atoms with Crippen molar-refractivity contribution in [2.24, 2.45) is 5.73 Å². The van der Waals surface area contributed by atoms with Crippen LogP contribution in [0.25, 0.3) is 0 Å². The number of nitrogens with two attached hydrogens (primary N) is 1. The van der Waals surface area contributed by atoms with Gasteiger partial charge in [-0.05, 0) is 49.7 Å². The summed E-state index contributed by atoms with van der Waals surface area (Å²) in [5, 5.41) is 0. The van der Waals surface area contributed by atoms with E-state index in [1.807, 2.05) is 0 Å². The molecule has 2 atom stereocenters. The van der Waals surface area contributed by atoms with Gasteiger partial charge in [-0.15, -0.1) is 0 Å². The third-order valence-electron chi connectivity index (χ3n) is 3.15. The molecule has 1 aliphatic rings. The molecule has 0 saturated heterocycles. The number of rotatable bonds is 2. The van der Waals surface area contributed by atoms with Crippen molar-refractivity contribution in [3.63, 3.8) is 0 Å². The maximum atomic E-state index is 5.88. The predicted octanol–water partition coefficient (Wildman–Crippen LogP) is 2.84. The smallest absolute Gasteiger partial charge is 0.00163 e. The minimum atomic E-state index is 0.325. The molecule has 0 spiro atoms. The molecular formula is C13H19N. The van der Waals surface area contributed by atoms with E-state index in [1.54, 1.807) is 11.1 Å². The zero-order chi connectivity index (χ0) is 9.97. The molecule has 14 heavy (non-hydrogen) atoms. The maximum Gasteiger partial charge on any atom is 0.00163 e. The summed E-state index contributed by atoms with van der Waals surface area (Å²) in [5.74, 6) is 0.708. The molecule has 0 fully saturated rings. The minimum Gasteiger partial charge on any atom is -0.328 e. The van der Waals surface area contributed by atoms with Gasteiger partial charge < -0.3 is 5.73 Å². The largest absolute Gasteiger partial charge is 0.328 e. The molecule has 1 nitrogen and oxygen atoms in total. The summed E-state index contributed by atoms with van der Waals surface area (Å²) in [7, 11) is 0. The molecule has 0 bridgehead atoms. The van der Waals surface area contributed by atoms with Gasteiger partial charge >= 0.3 is 0 Å². The van der Waals surface area contributed by atoms with Crippen LogP contribution in [-0.2, 0) is 6.42 Å². The molecule has 0 saturated carbocycles. The molecule has 0 amide bonds. The number of hydrogen-bond acceptors (Lipinski definition) is 1. The van der Waals surface area contributed by atoms with E-state index < -0.39 is 0 Å². The Morgan fingerprint density at radius 2 is 2.21 bits per heavy atom. The van der Waals surface area contributed by atoms with Crippen molar-refractivity contribution in [3.8, 4) is 0 Å². The average molecular weight is 189 g/mol. The predicted molar refractivity (Wildman–Crippen MR) is 60.4 cm³/mol. The molecule has 0 aromatic heterocycles. The Morgan fingerprint density at radius 3 is 3.00 bits per heavy atom. The second kappa shape index (κ2) is 4.14. The molecule has 1 aromatic rings. The quantitative estimate of drug-likeness (QED) is 0.760. The van der Waals surface area contributed by atoms with Gasteiger partial charge in [0.1, 0.15) is 0 Å². The Balaban J connectivity index is 2.22. The van der Waals surface area contributed by atoms with Gasteiger partial charge in [0.2, 0.25) is 0 Å². The van der Waals surface area contributed by atoms with Crippen molar-refractivity contribution >= 4 is 0 Å². The van der Waals surface area contributed by atoms with E-state index in [0.717, 1.165) is 6.42 Å². The standard InChI is InChI=1S/C13H19N/c1-10(14)9-12-7-4-6-11-5-2-3-8-13(11)12/h2-3,5,8,10,12H,4,6-7,9,14H2,1H3/t10-,12?/m0/s1. The van der Waals surface area contributed by atoms with Gasteiger partial charge in [-0.2, -0.15) is 0 Å². The summed E-state index contributed by atoms with van der Waals surface area (Å²) >= 11 is 0. The van der Waals surface area contributed by atoms with Crippen molar-refractivity contribution in [2.75, 3.05) is 0 Å². The van der Waals surface area contributed by atoms with Crippen molar-refractivity contribution in [2.45, 2.75) is 44.6 Å². The lowest BCUT2D eigenvalue weighted by Crippen LogP contribution is -2.21. The lowest BCUT2D eigenvalue weighted by molar-refractivity contribution is 0.483. The van der Waals surface area contributed by atoms with Crippen LogP contribution < -0.4 is 5.73 Å². The maximum absolute atomic E-state index is 5.88. The van der Waals surface area contributed by atoms with Crippen molar-refractivity contribution < 1.29 is 0 Å². The SMILES string of the molecule is C[C@H](N)CC1CCCc2ccccc21. The molecular weight excluding hydrogens is 170 g/mol. The first-order chi connectivity index (χ1) is 6.77. The van der Waals surface area contributed by atoms with Crippen LogP contribution in [0.2, 0.25) is 0 Å². The fourth-order valence-electron chi connectivity index (χ4n) is 2.55. The van der Waals surface area contributed by atoms with E-state index in [-0.39, 0.29) is 0 Å². The third kappa shape index (κ3) is 1.98. The normalized spacial score (nSPS) is 22.9. The van der Waals surface area contributed by atoms with E-state index in [4.69, 9.17) is 5.73 Å². The Hall–Kier alpha value is -0.820. The highest BCUT2D eigenvalue weighted by atomic mass is 14.6. The molecule has 1 unspecified atom stereocenters. The minimum absolute atomic E-state index is 0.325. The van der Waals surface area contributed by atoms with Gasteiger partial charge in [0.05, 0.1) is 0 Å². The molecule has 76 valence electrons. The monoisotopic (exact) mass is 189 g/mol. The summed E-state index contributed by atoms with van der Waals surface area (Å²) in [6, 6.07) is 9.17. The van der Waals surface area contributed by atoms with Crippen LogP contribution in [0.5, 0.6) is 0 Å². The number of hydrogen-bond donors (Lipinski definition) is 1. The summed E-state index contributed by atoms with van der Waals surface area (Å²) in [6.07, 6.45) is 5.04. The fraction of sp³-hybridized carbons (Fsp3) is 0.538. The van der Waals surface area contributed by atoms with E-state index in [2.05, 4.69) is 31.2 Å². The number of aryl methyl sites for hydroxylation is 1. The second-order valence-electron chi connectivity index (χ2n) is 4.50. The van der Waals surface area contributed by atoms with Gasteiger partial charge in [-0.1, -0.05) is 24.3 Å². The van der Waals surface area contributed by atoms with Crippen LogP contribution >= 0.6 is 0 Å². The zero-order valence-electron chi connectivity index (χ0n) is 8.87. The Labute approximate surface area is 86.3 Å². The van der Waals surface area contributed by atoms with Crippen LogP contribution in [0, 0.1) is 0 Å². The number of fused-ring (bicyclic) bond motifs is 1. The Morgan fingerprint density at radius 1 is 1.43 bits per heavy atom. The highest BCUT2D eigenvalue weighted by Gasteiger charge is 2.20. The summed E-state index contributed by atoms with van der Waals surface area (Å²) < 4.78 is 0. The highest BCUT2D eigenvalue weighted by molar-refractivity contribution is 5.32. The van der Waals surface area contributed by atoms with Crippen LogP contribution in [-0.4, -0.2) is 6.04 Å². The molecule has 0 radical (unpaired) electrons. The molecule has 1 aliphatic carbocycles. The molecule has 2 rings (SSSR count). The summed E-state index contributed by atoms with van der Waals surface area (Å²) in [4.78, 5) is 0. The first-order valence-corrected chi connectivity index (χ1v) is 5.61. The Bertz CT molecular complexity index is 304. The number of benzene rings is 1. The summed E-state index contributed by atoms with van der Waals surface area (Å²) in [5.41, 5.74) is 8.98. The highest BCUT2D eigenvalue weighted by Crippen LogP contribution is 2.34. The van der Waals surface area contributed by atoms with E-state index in [1.165, 1.54) is 19.3 Å². The van der Waals surface area contributed by atoms with E-state index in [9.17, 15) is 0 Å².